The van der Waals surface area contributed by atoms with Crippen LogP contribution in [-0.4, -0.2) is 18.4 Å². The van der Waals surface area contributed by atoms with Crippen LogP contribution in [0.25, 0.3) is 31.2 Å². The highest BCUT2D eigenvalue weighted by atomic mass is 32.2. The van der Waals surface area contributed by atoms with Gasteiger partial charge in [0, 0.05) is 11.8 Å². The molecule has 0 aliphatic rings. The van der Waals surface area contributed by atoms with Gasteiger partial charge in [-0.1, -0.05) is 24.3 Å². The molecule has 0 saturated heterocycles. The molecule has 0 spiro atoms. The van der Waals surface area contributed by atoms with Crippen LogP contribution in [0.3, 0.4) is 0 Å². The summed E-state index contributed by atoms with van der Waals surface area (Å²) in [5, 5.41) is 3.23. The van der Waals surface area contributed by atoms with E-state index in [2.05, 4.69) is 14.7 Å². The highest BCUT2D eigenvalue weighted by Gasteiger charge is 2.19. The van der Waals surface area contributed by atoms with E-state index < -0.39 is 10.0 Å². The first kappa shape index (κ1) is 18.4. The lowest BCUT2D eigenvalue weighted by Gasteiger charge is -2.08. The lowest BCUT2D eigenvalue weighted by atomic mass is 10.2. The number of sulfonamides is 1. The van der Waals surface area contributed by atoms with Gasteiger partial charge in [0.25, 0.3) is 10.0 Å². The molecule has 0 aliphatic carbocycles. The molecule has 0 radical (unpaired) electrons. The molecule has 9 heteroatoms. The van der Waals surface area contributed by atoms with E-state index in [0.717, 1.165) is 31.2 Å². The van der Waals surface area contributed by atoms with Crippen molar-refractivity contribution >= 4 is 59.3 Å². The number of thiophene rings is 1. The average Bonchev–Trinajstić information content (AvgIpc) is 3.47. The predicted molar refractivity (Wildman–Crippen MR) is 121 cm³/mol. The fourth-order valence-electron chi connectivity index (χ4n) is 2.88. The number of hydrogen-bond donors (Lipinski definition) is 1. The van der Waals surface area contributed by atoms with Gasteiger partial charge in [-0.25, -0.2) is 13.4 Å². The Balaban J connectivity index is 1.45. The van der Waals surface area contributed by atoms with E-state index in [0.29, 0.717) is 5.00 Å². The first-order valence-corrected chi connectivity index (χ1v) is 12.6. The van der Waals surface area contributed by atoms with Gasteiger partial charge in [-0.05, 0) is 41.3 Å². The highest BCUT2D eigenvalue weighted by molar-refractivity contribution is 7.93. The van der Waals surface area contributed by atoms with Gasteiger partial charge in [0.2, 0.25) is 0 Å². The summed E-state index contributed by atoms with van der Waals surface area (Å²) in [6, 6.07) is 16.6. The van der Waals surface area contributed by atoms with Crippen LogP contribution in [0.4, 0.5) is 5.00 Å². The minimum Gasteiger partial charge on any atom is -0.270 e. The topological polar surface area (TPSA) is 72.0 Å². The zero-order valence-corrected chi connectivity index (χ0v) is 18.0. The Kier molecular flexibility index (Phi) is 4.67. The van der Waals surface area contributed by atoms with Crippen molar-refractivity contribution in [1.82, 2.24) is 9.97 Å². The maximum Gasteiger partial charge on any atom is 0.262 e. The third kappa shape index (κ3) is 3.58. The van der Waals surface area contributed by atoms with Crippen molar-refractivity contribution in [1.29, 1.82) is 0 Å². The van der Waals surface area contributed by atoms with E-state index >= 15 is 0 Å². The molecule has 0 atom stereocenters. The second-order valence-corrected chi connectivity index (χ2v) is 10.7. The van der Waals surface area contributed by atoms with Crippen LogP contribution in [0.1, 0.15) is 0 Å². The maximum absolute atomic E-state index is 12.9. The van der Waals surface area contributed by atoms with Crippen molar-refractivity contribution in [3.63, 3.8) is 0 Å². The van der Waals surface area contributed by atoms with Crippen molar-refractivity contribution < 1.29 is 8.42 Å². The minimum absolute atomic E-state index is 0.217. The average molecular weight is 456 g/mol. The Labute approximate surface area is 179 Å². The number of thiazole rings is 2. The van der Waals surface area contributed by atoms with Gasteiger partial charge < -0.3 is 0 Å². The predicted octanol–water partition coefficient (Wildman–Crippen LogP) is 5.95. The second kappa shape index (κ2) is 7.34. The number of anilines is 1. The molecule has 0 aliphatic heterocycles. The Morgan fingerprint density at radius 3 is 2.52 bits per heavy atom. The Hall–Kier alpha value is -2.59. The Morgan fingerprint density at radius 1 is 0.931 bits per heavy atom. The summed E-state index contributed by atoms with van der Waals surface area (Å²) in [5.74, 6) is 0. The monoisotopic (exact) mass is 455 g/mol. The molecule has 2 aromatic carbocycles. The van der Waals surface area contributed by atoms with E-state index in [1.54, 1.807) is 47.3 Å². The number of benzene rings is 2. The Bertz CT molecular complexity index is 1350. The number of para-hydroxylation sites is 1. The molecule has 0 saturated carbocycles. The second-order valence-electron chi connectivity index (χ2n) is 6.15. The third-order valence-corrected chi connectivity index (χ3v) is 8.51. The van der Waals surface area contributed by atoms with Crippen LogP contribution in [0, 0.1) is 0 Å². The zero-order valence-electron chi connectivity index (χ0n) is 14.8. The lowest BCUT2D eigenvalue weighted by molar-refractivity contribution is 0.601. The van der Waals surface area contributed by atoms with Crippen LogP contribution in [-0.2, 0) is 10.0 Å². The van der Waals surface area contributed by atoms with E-state index in [4.69, 9.17) is 0 Å². The number of nitrogens with one attached hydrogen (secondary N) is 1. The lowest BCUT2D eigenvalue weighted by Crippen LogP contribution is -2.12. The largest absolute Gasteiger partial charge is 0.270 e. The molecule has 0 unspecified atom stereocenters. The first-order chi connectivity index (χ1) is 14.1. The summed E-state index contributed by atoms with van der Waals surface area (Å²) in [7, 11) is -3.70. The maximum atomic E-state index is 12.9. The van der Waals surface area contributed by atoms with Crippen molar-refractivity contribution in [2.24, 2.45) is 0 Å². The van der Waals surface area contributed by atoms with E-state index in [-0.39, 0.29) is 4.90 Å². The molecular formula is C20H13N3O2S4. The van der Waals surface area contributed by atoms with Gasteiger partial charge >= 0.3 is 0 Å². The molecule has 5 rings (SSSR count). The number of fused-ring (bicyclic) bond motifs is 1. The first-order valence-electron chi connectivity index (χ1n) is 8.55. The van der Waals surface area contributed by atoms with Crippen molar-refractivity contribution in [3.05, 3.63) is 71.7 Å². The van der Waals surface area contributed by atoms with Crippen molar-refractivity contribution in [2.75, 3.05) is 4.72 Å². The molecule has 3 heterocycles. The number of nitrogens with zero attached hydrogens (tertiary/aromatic N) is 2. The van der Waals surface area contributed by atoms with Crippen LogP contribution in [0.15, 0.2) is 76.6 Å². The van der Waals surface area contributed by atoms with Gasteiger partial charge in [0.1, 0.15) is 10.0 Å². The van der Waals surface area contributed by atoms with Crippen molar-refractivity contribution in [3.8, 4) is 21.0 Å². The molecular weight excluding hydrogens is 443 g/mol. The summed E-state index contributed by atoms with van der Waals surface area (Å²) in [6.45, 7) is 0. The summed E-state index contributed by atoms with van der Waals surface area (Å²) in [6.07, 6.45) is 1.77. The molecule has 0 fully saturated rings. The van der Waals surface area contributed by atoms with E-state index in [9.17, 15) is 8.42 Å². The van der Waals surface area contributed by atoms with Gasteiger partial charge in [0.15, 0.2) is 0 Å². The van der Waals surface area contributed by atoms with Crippen LogP contribution < -0.4 is 4.72 Å². The molecule has 144 valence electrons. The molecule has 5 aromatic rings. The normalized spacial score (nSPS) is 11.7. The highest BCUT2D eigenvalue weighted by Crippen LogP contribution is 2.38. The molecule has 0 bridgehead atoms. The summed E-state index contributed by atoms with van der Waals surface area (Å²) in [4.78, 5) is 9.92. The SMILES string of the molecule is O=S(=O)(Nc1sccc1-c1nc2ccccc2s1)c1ccc(-c2cncs2)cc1. The van der Waals surface area contributed by atoms with Crippen LogP contribution in [0.5, 0.6) is 0 Å². The Morgan fingerprint density at radius 2 is 1.76 bits per heavy atom. The standard InChI is InChI=1S/C20H13N3O2S4/c24-29(25,14-7-5-13(6-8-14)18-11-21-12-27-18)23-20-15(9-10-26-20)19-22-16-3-1-2-4-17(16)28-19/h1-12,23H. The van der Waals surface area contributed by atoms with E-state index in [1.807, 2.05) is 35.7 Å². The smallest absolute Gasteiger partial charge is 0.262 e. The number of aromatic nitrogens is 2. The van der Waals surface area contributed by atoms with E-state index in [1.165, 1.54) is 22.7 Å². The molecule has 3 aromatic heterocycles. The van der Waals surface area contributed by atoms with Crippen molar-refractivity contribution in [2.45, 2.75) is 4.90 Å². The summed E-state index contributed by atoms with van der Waals surface area (Å²) < 4.78 is 29.6. The minimum atomic E-state index is -3.70. The third-order valence-electron chi connectivity index (χ3n) is 4.30. The van der Waals surface area contributed by atoms with Gasteiger partial charge in [-0.3, -0.25) is 9.71 Å². The molecule has 5 nitrogen and oxygen atoms in total. The van der Waals surface area contributed by atoms with Gasteiger partial charge in [0.05, 0.1) is 25.5 Å². The van der Waals surface area contributed by atoms with Crippen LogP contribution >= 0.6 is 34.0 Å². The summed E-state index contributed by atoms with van der Waals surface area (Å²) >= 11 is 4.41. The van der Waals surface area contributed by atoms with Gasteiger partial charge in [-0.15, -0.1) is 34.0 Å². The molecule has 0 amide bonds. The molecule has 1 N–H and O–H groups in total. The number of rotatable bonds is 5. The van der Waals surface area contributed by atoms with Crippen LogP contribution in [0.2, 0.25) is 0 Å². The molecule has 29 heavy (non-hydrogen) atoms. The van der Waals surface area contributed by atoms with Gasteiger partial charge in [-0.2, -0.15) is 0 Å². The fourth-order valence-corrected chi connectivity index (χ4v) is 6.69. The number of hydrogen-bond acceptors (Lipinski definition) is 7. The summed E-state index contributed by atoms with van der Waals surface area (Å²) in [5.41, 5.74) is 4.40. The zero-order chi connectivity index (χ0) is 19.8. The fraction of sp³-hybridized carbons (Fsp3) is 0. The quantitative estimate of drug-likeness (QED) is 0.355.